The molecular weight excluding hydrogens is 314 g/mol. The minimum atomic E-state index is -0.309. The first-order valence-corrected chi connectivity index (χ1v) is 7.62. The van der Waals surface area contributed by atoms with Crippen molar-refractivity contribution < 1.29 is 14.3 Å². The highest BCUT2D eigenvalue weighted by Gasteiger charge is 2.13. The first-order chi connectivity index (χ1) is 11.1. The molecule has 0 radical (unpaired) electrons. The molecule has 0 atom stereocenters. The van der Waals surface area contributed by atoms with E-state index in [1.165, 1.54) is 11.3 Å². The summed E-state index contributed by atoms with van der Waals surface area (Å²) in [5, 5.41) is 3.28. The molecule has 23 heavy (non-hydrogen) atoms. The molecule has 6 nitrogen and oxygen atoms in total. The van der Waals surface area contributed by atoms with E-state index in [0.717, 1.165) is 16.0 Å². The number of carbonyl (C=O) groups excluding carboxylic acids is 1. The summed E-state index contributed by atoms with van der Waals surface area (Å²) in [6.07, 6.45) is 0. The molecule has 0 aliphatic heterocycles. The molecule has 0 fully saturated rings. The predicted molar refractivity (Wildman–Crippen MR) is 91.5 cm³/mol. The lowest BCUT2D eigenvalue weighted by Crippen LogP contribution is -2.13. The van der Waals surface area contributed by atoms with E-state index in [1.54, 1.807) is 32.4 Å². The summed E-state index contributed by atoms with van der Waals surface area (Å²) in [6, 6.07) is 10.5. The highest BCUT2D eigenvalue weighted by Crippen LogP contribution is 2.30. The molecular formula is C16H15N3O3S. The highest BCUT2D eigenvalue weighted by atomic mass is 32.1. The number of methoxy groups -OCH3 is 2. The number of ether oxygens (including phenoxy) is 2. The molecule has 1 heterocycles. The Balaban J connectivity index is 1.85. The van der Waals surface area contributed by atoms with Crippen molar-refractivity contribution in [1.82, 2.24) is 4.98 Å². The lowest BCUT2D eigenvalue weighted by molar-refractivity contribution is 0.102. The smallest absolute Gasteiger partial charge is 0.259 e. The fourth-order valence-corrected chi connectivity index (χ4v) is 3.01. The van der Waals surface area contributed by atoms with Crippen molar-refractivity contribution in [2.45, 2.75) is 0 Å². The third kappa shape index (κ3) is 3.04. The van der Waals surface area contributed by atoms with E-state index in [9.17, 15) is 4.79 Å². The van der Waals surface area contributed by atoms with E-state index in [-0.39, 0.29) is 5.91 Å². The second-order valence-corrected chi connectivity index (χ2v) is 5.79. The third-order valence-corrected chi connectivity index (χ3v) is 4.25. The predicted octanol–water partition coefficient (Wildman–Crippen LogP) is 3.15. The number of fused-ring (bicyclic) bond motifs is 1. The van der Waals surface area contributed by atoms with Crippen molar-refractivity contribution in [3.8, 4) is 11.5 Å². The molecule has 0 bridgehead atoms. The van der Waals surface area contributed by atoms with Gasteiger partial charge in [-0.25, -0.2) is 4.98 Å². The summed E-state index contributed by atoms with van der Waals surface area (Å²) < 4.78 is 11.2. The van der Waals surface area contributed by atoms with Crippen LogP contribution in [0.4, 0.5) is 10.8 Å². The number of aromatic nitrogens is 1. The van der Waals surface area contributed by atoms with Gasteiger partial charge in [-0.1, -0.05) is 11.3 Å². The second-order valence-electron chi connectivity index (χ2n) is 4.76. The van der Waals surface area contributed by atoms with Gasteiger partial charge in [-0.05, 0) is 30.3 Å². The molecule has 0 spiro atoms. The van der Waals surface area contributed by atoms with Gasteiger partial charge >= 0.3 is 0 Å². The van der Waals surface area contributed by atoms with Gasteiger partial charge in [0.1, 0.15) is 11.5 Å². The van der Waals surface area contributed by atoms with Gasteiger partial charge in [0, 0.05) is 11.8 Å². The van der Waals surface area contributed by atoms with E-state index in [0.29, 0.717) is 22.1 Å². The normalized spacial score (nSPS) is 10.5. The van der Waals surface area contributed by atoms with Crippen LogP contribution in [0.2, 0.25) is 0 Å². The van der Waals surface area contributed by atoms with Crippen molar-refractivity contribution in [3.05, 3.63) is 42.0 Å². The van der Waals surface area contributed by atoms with Gasteiger partial charge in [-0.15, -0.1) is 0 Å². The molecule has 0 aliphatic carbocycles. The van der Waals surface area contributed by atoms with Crippen LogP contribution < -0.4 is 20.5 Å². The summed E-state index contributed by atoms with van der Waals surface area (Å²) in [5.74, 6) is 1.04. The molecule has 2 aromatic carbocycles. The Labute approximate surface area is 136 Å². The van der Waals surface area contributed by atoms with Gasteiger partial charge < -0.3 is 15.2 Å². The summed E-state index contributed by atoms with van der Waals surface area (Å²) in [4.78, 5) is 16.7. The van der Waals surface area contributed by atoms with E-state index in [2.05, 4.69) is 10.3 Å². The van der Waals surface area contributed by atoms with Crippen LogP contribution in [-0.2, 0) is 0 Å². The Hall–Kier alpha value is -2.80. The maximum Gasteiger partial charge on any atom is 0.259 e. The lowest BCUT2D eigenvalue weighted by Gasteiger charge is -2.07. The van der Waals surface area contributed by atoms with Crippen molar-refractivity contribution in [2.24, 2.45) is 0 Å². The number of hydrogen-bond acceptors (Lipinski definition) is 6. The number of benzene rings is 2. The van der Waals surface area contributed by atoms with E-state index < -0.39 is 0 Å². The molecule has 3 rings (SSSR count). The van der Waals surface area contributed by atoms with Crippen LogP contribution in [0, 0.1) is 0 Å². The molecule has 0 aliphatic rings. The minimum absolute atomic E-state index is 0.309. The zero-order chi connectivity index (χ0) is 16.4. The zero-order valence-corrected chi connectivity index (χ0v) is 13.4. The zero-order valence-electron chi connectivity index (χ0n) is 12.6. The molecule has 118 valence electrons. The van der Waals surface area contributed by atoms with Crippen molar-refractivity contribution in [1.29, 1.82) is 0 Å². The van der Waals surface area contributed by atoms with Crippen LogP contribution in [0.3, 0.4) is 0 Å². The number of nitrogen functional groups attached to an aromatic ring is 1. The summed E-state index contributed by atoms with van der Waals surface area (Å²) in [6.45, 7) is 0. The van der Waals surface area contributed by atoms with Crippen molar-refractivity contribution in [3.63, 3.8) is 0 Å². The first-order valence-electron chi connectivity index (χ1n) is 6.80. The summed E-state index contributed by atoms with van der Waals surface area (Å²) in [5.41, 5.74) is 7.42. The number of hydrogen-bond donors (Lipinski definition) is 2. The average Bonchev–Trinajstić information content (AvgIpc) is 2.95. The molecule has 7 heteroatoms. The number of amides is 1. The molecule has 0 unspecified atom stereocenters. The maximum atomic E-state index is 12.3. The largest absolute Gasteiger partial charge is 0.497 e. The van der Waals surface area contributed by atoms with E-state index >= 15 is 0 Å². The quantitative estimate of drug-likeness (QED) is 0.718. The standard InChI is InChI=1S/C16H15N3O3S/c1-21-9-3-5-11(12(17)7-9)15(20)19-16-18-13-6-4-10(22-2)8-14(13)23-16/h3-8H,17H2,1-2H3,(H,18,19,20). The van der Waals surface area contributed by atoms with Gasteiger partial charge in [0.2, 0.25) is 0 Å². The monoisotopic (exact) mass is 329 g/mol. The van der Waals surface area contributed by atoms with Gasteiger partial charge in [0.05, 0.1) is 30.0 Å². The van der Waals surface area contributed by atoms with Crippen LogP contribution in [0.15, 0.2) is 36.4 Å². The number of nitrogens with one attached hydrogen (secondary N) is 1. The summed E-state index contributed by atoms with van der Waals surface area (Å²) in [7, 11) is 3.15. The fraction of sp³-hybridized carbons (Fsp3) is 0.125. The molecule has 1 aromatic heterocycles. The van der Waals surface area contributed by atoms with E-state index in [4.69, 9.17) is 15.2 Å². The molecule has 3 aromatic rings. The Kier molecular flexibility index (Phi) is 4.03. The van der Waals surface area contributed by atoms with Gasteiger partial charge in [0.25, 0.3) is 5.91 Å². The third-order valence-electron chi connectivity index (χ3n) is 3.32. The SMILES string of the molecule is COc1ccc(C(=O)Nc2nc3ccc(OC)cc3s2)c(N)c1. The van der Waals surface area contributed by atoms with Gasteiger partial charge in [-0.3, -0.25) is 10.1 Å². The van der Waals surface area contributed by atoms with E-state index in [1.807, 2.05) is 18.2 Å². The van der Waals surface area contributed by atoms with Crippen LogP contribution in [0.5, 0.6) is 11.5 Å². The minimum Gasteiger partial charge on any atom is -0.497 e. The number of thiazole rings is 1. The second kappa shape index (κ2) is 6.13. The Morgan fingerprint density at radius 3 is 2.52 bits per heavy atom. The molecule has 3 N–H and O–H groups in total. The number of nitrogens with two attached hydrogens (primary N) is 1. The number of rotatable bonds is 4. The van der Waals surface area contributed by atoms with Crippen LogP contribution in [0.25, 0.3) is 10.2 Å². The lowest BCUT2D eigenvalue weighted by atomic mass is 10.1. The van der Waals surface area contributed by atoms with Crippen molar-refractivity contribution >= 4 is 38.3 Å². The summed E-state index contributed by atoms with van der Waals surface area (Å²) >= 11 is 1.37. The average molecular weight is 329 g/mol. The highest BCUT2D eigenvalue weighted by molar-refractivity contribution is 7.22. The molecule has 0 saturated heterocycles. The molecule has 1 amide bonds. The Morgan fingerprint density at radius 2 is 1.83 bits per heavy atom. The van der Waals surface area contributed by atoms with Crippen LogP contribution in [-0.4, -0.2) is 25.1 Å². The van der Waals surface area contributed by atoms with Crippen molar-refractivity contribution in [2.75, 3.05) is 25.3 Å². The fourth-order valence-electron chi connectivity index (χ4n) is 2.12. The first kappa shape index (κ1) is 15.1. The number of nitrogens with zero attached hydrogens (tertiary/aromatic N) is 1. The number of carbonyl (C=O) groups is 1. The van der Waals surface area contributed by atoms with Gasteiger partial charge in [0.15, 0.2) is 5.13 Å². The van der Waals surface area contributed by atoms with Gasteiger partial charge in [-0.2, -0.15) is 0 Å². The Bertz CT molecular complexity index is 876. The van der Waals surface area contributed by atoms with Crippen LogP contribution >= 0.6 is 11.3 Å². The van der Waals surface area contributed by atoms with Crippen LogP contribution in [0.1, 0.15) is 10.4 Å². The maximum absolute atomic E-state index is 12.3. The topological polar surface area (TPSA) is 86.5 Å². The number of anilines is 2. The molecule has 0 saturated carbocycles. The Morgan fingerprint density at radius 1 is 1.13 bits per heavy atom.